The quantitative estimate of drug-likeness (QED) is 0.855. The van der Waals surface area contributed by atoms with Gasteiger partial charge in [-0.2, -0.15) is 0 Å². The summed E-state index contributed by atoms with van der Waals surface area (Å²) in [6, 6.07) is 15.7. The highest BCUT2D eigenvalue weighted by molar-refractivity contribution is 6.09. The van der Waals surface area contributed by atoms with Crippen molar-refractivity contribution in [2.45, 2.75) is 6.42 Å². The summed E-state index contributed by atoms with van der Waals surface area (Å²) in [6.45, 7) is 4.08. The molecule has 1 N–H and O–H groups in total. The van der Waals surface area contributed by atoms with E-state index in [1.165, 1.54) is 5.56 Å². The normalized spacial score (nSPS) is 14.5. The first-order valence-corrected chi connectivity index (χ1v) is 7.21. The topological polar surface area (TPSA) is 38.3 Å². The molecule has 0 fully saturated rings. The summed E-state index contributed by atoms with van der Waals surface area (Å²) >= 11 is 0. The zero-order valence-electron chi connectivity index (χ0n) is 12.2. The van der Waals surface area contributed by atoms with Gasteiger partial charge in [-0.05, 0) is 30.2 Å². The number of carbonyl (C=O) groups is 1. The number of carbonyl (C=O) groups excluding carboxylic acids is 1. The highest BCUT2D eigenvalue weighted by Gasteiger charge is 2.23. The number of allylic oxidation sites excluding steroid dienone is 1. The van der Waals surface area contributed by atoms with Crippen LogP contribution in [0.3, 0.4) is 0 Å². The fraction of sp³-hybridized carbons (Fsp3) is 0.105. The van der Waals surface area contributed by atoms with Crippen LogP contribution in [0.25, 0.3) is 5.70 Å². The van der Waals surface area contributed by atoms with Crippen molar-refractivity contribution in [1.29, 1.82) is 0 Å². The van der Waals surface area contributed by atoms with Crippen LogP contribution in [0.2, 0.25) is 0 Å². The van der Waals surface area contributed by atoms with E-state index in [9.17, 15) is 4.79 Å². The molecule has 0 aromatic heterocycles. The third-order valence-electron chi connectivity index (χ3n) is 3.53. The number of benzene rings is 2. The average Bonchev–Trinajstić information content (AvgIpc) is 2.88. The van der Waals surface area contributed by atoms with E-state index < -0.39 is 0 Å². The molecule has 3 nitrogen and oxygen atoms in total. The fourth-order valence-electron chi connectivity index (χ4n) is 2.44. The van der Waals surface area contributed by atoms with Crippen molar-refractivity contribution >= 4 is 11.6 Å². The van der Waals surface area contributed by atoms with Crippen LogP contribution in [0.5, 0.6) is 5.75 Å². The minimum absolute atomic E-state index is 0.0652. The van der Waals surface area contributed by atoms with E-state index in [1.54, 1.807) is 12.1 Å². The molecule has 0 aliphatic carbocycles. The first-order chi connectivity index (χ1) is 10.8. The highest BCUT2D eigenvalue weighted by atomic mass is 16.5. The van der Waals surface area contributed by atoms with Crippen LogP contribution >= 0.6 is 0 Å². The third kappa shape index (κ3) is 2.93. The van der Waals surface area contributed by atoms with E-state index in [1.807, 2.05) is 36.4 Å². The predicted molar refractivity (Wildman–Crippen MR) is 87.7 cm³/mol. The molecule has 2 aromatic carbocycles. The molecule has 1 heterocycles. The van der Waals surface area contributed by atoms with Crippen LogP contribution in [0.15, 0.2) is 67.3 Å². The highest BCUT2D eigenvalue weighted by Crippen LogP contribution is 2.28. The molecular weight excluding hydrogens is 274 g/mol. The van der Waals surface area contributed by atoms with Crippen LogP contribution in [-0.2, 0) is 6.42 Å². The molecule has 0 unspecified atom stereocenters. The van der Waals surface area contributed by atoms with Gasteiger partial charge < -0.3 is 10.1 Å². The van der Waals surface area contributed by atoms with Crippen molar-refractivity contribution in [2.75, 3.05) is 6.61 Å². The third-order valence-corrected chi connectivity index (χ3v) is 3.53. The molecule has 2 aromatic rings. The lowest BCUT2D eigenvalue weighted by Crippen LogP contribution is -2.12. The van der Waals surface area contributed by atoms with Gasteiger partial charge in [0.05, 0.1) is 0 Å². The van der Waals surface area contributed by atoms with Crippen molar-refractivity contribution in [3.63, 3.8) is 0 Å². The molecule has 0 spiro atoms. The number of amides is 1. The molecular formula is C19H17NO2. The van der Waals surface area contributed by atoms with E-state index in [-0.39, 0.29) is 5.91 Å². The van der Waals surface area contributed by atoms with Gasteiger partial charge in [-0.1, -0.05) is 49.1 Å². The summed E-state index contributed by atoms with van der Waals surface area (Å²) in [5, 5.41) is 2.92. The molecule has 3 rings (SSSR count). The largest absolute Gasteiger partial charge is 0.490 e. The van der Waals surface area contributed by atoms with Crippen LogP contribution in [0, 0.1) is 0 Å². The monoisotopic (exact) mass is 291 g/mol. The molecule has 3 heteroatoms. The number of nitrogens with one attached hydrogen (secondary N) is 1. The molecule has 0 bridgehead atoms. The van der Waals surface area contributed by atoms with Crippen molar-refractivity contribution in [1.82, 2.24) is 5.32 Å². The van der Waals surface area contributed by atoms with E-state index in [2.05, 4.69) is 24.0 Å². The molecule has 1 amide bonds. The number of fused-ring (bicyclic) bond motifs is 1. The number of rotatable bonds is 5. The first kappa shape index (κ1) is 14.1. The Morgan fingerprint density at radius 1 is 1.09 bits per heavy atom. The van der Waals surface area contributed by atoms with Crippen molar-refractivity contribution in [3.8, 4) is 5.75 Å². The molecule has 110 valence electrons. The maximum absolute atomic E-state index is 12.0. The van der Waals surface area contributed by atoms with Crippen LogP contribution in [-0.4, -0.2) is 12.5 Å². The Bertz CT molecular complexity index is 732. The molecule has 22 heavy (non-hydrogen) atoms. The Morgan fingerprint density at radius 3 is 2.68 bits per heavy atom. The van der Waals surface area contributed by atoms with Gasteiger partial charge in [-0.25, -0.2) is 0 Å². The van der Waals surface area contributed by atoms with Gasteiger partial charge in [-0.15, -0.1) is 0 Å². The van der Waals surface area contributed by atoms with Gasteiger partial charge in [0.15, 0.2) is 0 Å². The lowest BCUT2D eigenvalue weighted by Gasteiger charge is -2.05. The first-order valence-electron chi connectivity index (χ1n) is 7.21. The average molecular weight is 291 g/mol. The SMILES string of the molecule is C=CCOc1ccc2c(c1)/C(=C/Cc1ccccc1)NC2=O. The maximum atomic E-state index is 12.0. The number of hydrogen-bond donors (Lipinski definition) is 1. The molecule has 1 aliphatic rings. The Kier molecular flexibility index (Phi) is 4.05. The zero-order chi connectivity index (χ0) is 15.4. The molecule has 1 aliphatic heterocycles. The van der Waals surface area contributed by atoms with E-state index in [4.69, 9.17) is 4.74 Å². The van der Waals surface area contributed by atoms with E-state index in [0.29, 0.717) is 12.2 Å². The van der Waals surface area contributed by atoms with Crippen LogP contribution in [0.4, 0.5) is 0 Å². The molecule has 0 saturated heterocycles. The standard InChI is InChI=1S/C19H17NO2/c1-2-12-22-15-9-10-16-17(13-15)18(20-19(16)21)11-8-14-6-4-3-5-7-14/h2-7,9-11,13H,1,8,12H2,(H,20,21)/b18-11-. The fourth-order valence-corrected chi connectivity index (χ4v) is 2.44. The van der Waals surface area contributed by atoms with Crippen molar-refractivity contribution in [2.24, 2.45) is 0 Å². The van der Waals surface area contributed by atoms with Gasteiger partial charge in [0.1, 0.15) is 12.4 Å². The summed E-state index contributed by atoms with van der Waals surface area (Å²) < 4.78 is 5.54. The summed E-state index contributed by atoms with van der Waals surface area (Å²) in [4.78, 5) is 12.0. The zero-order valence-corrected chi connectivity index (χ0v) is 12.2. The molecule has 0 atom stereocenters. The van der Waals surface area contributed by atoms with E-state index >= 15 is 0 Å². The lowest BCUT2D eigenvalue weighted by atomic mass is 10.1. The Balaban J connectivity index is 1.86. The predicted octanol–water partition coefficient (Wildman–Crippen LogP) is 3.58. The minimum Gasteiger partial charge on any atom is -0.490 e. The Labute approximate surface area is 129 Å². The smallest absolute Gasteiger partial charge is 0.256 e. The van der Waals surface area contributed by atoms with Crippen molar-refractivity contribution in [3.05, 3.63) is 84.0 Å². The Hall–Kier alpha value is -2.81. The summed E-state index contributed by atoms with van der Waals surface area (Å²) in [6.07, 6.45) is 4.51. The van der Waals surface area contributed by atoms with Crippen LogP contribution in [0.1, 0.15) is 21.5 Å². The summed E-state index contributed by atoms with van der Waals surface area (Å²) in [5.74, 6) is 0.672. The second-order valence-electron chi connectivity index (χ2n) is 5.07. The van der Waals surface area contributed by atoms with Crippen LogP contribution < -0.4 is 10.1 Å². The summed E-state index contributed by atoms with van der Waals surface area (Å²) in [7, 11) is 0. The summed E-state index contributed by atoms with van der Waals surface area (Å²) in [5.41, 5.74) is 3.62. The Morgan fingerprint density at radius 2 is 1.91 bits per heavy atom. The van der Waals surface area contributed by atoms with Gasteiger partial charge in [-0.3, -0.25) is 4.79 Å². The van der Waals surface area contributed by atoms with E-state index in [0.717, 1.165) is 23.4 Å². The van der Waals surface area contributed by atoms with Gasteiger partial charge >= 0.3 is 0 Å². The second-order valence-corrected chi connectivity index (χ2v) is 5.07. The number of ether oxygens (including phenoxy) is 1. The number of hydrogen-bond acceptors (Lipinski definition) is 2. The maximum Gasteiger partial charge on any atom is 0.256 e. The molecule has 0 saturated carbocycles. The van der Waals surface area contributed by atoms with Gasteiger partial charge in [0, 0.05) is 16.8 Å². The van der Waals surface area contributed by atoms with Crippen molar-refractivity contribution < 1.29 is 9.53 Å². The van der Waals surface area contributed by atoms with Gasteiger partial charge in [0.2, 0.25) is 0 Å². The van der Waals surface area contributed by atoms with Gasteiger partial charge in [0.25, 0.3) is 5.91 Å². The second kappa shape index (κ2) is 6.31. The molecule has 0 radical (unpaired) electrons. The lowest BCUT2D eigenvalue weighted by molar-refractivity contribution is 0.0981. The minimum atomic E-state index is -0.0652.